The molecule has 0 heterocycles. The topological polar surface area (TPSA) is 105 Å². The van der Waals surface area contributed by atoms with Crippen LogP contribution in [0.5, 0.6) is 0 Å². The van der Waals surface area contributed by atoms with Gasteiger partial charge in [-0.25, -0.2) is 0 Å². The van der Waals surface area contributed by atoms with E-state index in [1.54, 1.807) is 6.07 Å². The van der Waals surface area contributed by atoms with Crippen molar-refractivity contribution in [2.24, 2.45) is 5.73 Å². The van der Waals surface area contributed by atoms with E-state index in [0.29, 0.717) is 18.8 Å². The third-order valence-corrected chi connectivity index (χ3v) is 3.14. The molecule has 0 aromatic heterocycles. The summed E-state index contributed by atoms with van der Waals surface area (Å²) >= 11 is 0. The number of rotatable bonds is 5. The highest BCUT2D eigenvalue weighted by Gasteiger charge is 2.14. The van der Waals surface area contributed by atoms with Crippen LogP contribution < -0.4 is 11.1 Å². The molecule has 0 spiro atoms. The zero-order chi connectivity index (χ0) is 15.2. The van der Waals surface area contributed by atoms with Gasteiger partial charge in [0.25, 0.3) is 5.69 Å². The first kappa shape index (κ1) is 14.5. The molecule has 2 aromatic carbocycles. The Hall–Kier alpha value is -2.91. The zero-order valence-corrected chi connectivity index (χ0v) is 11.2. The fraction of sp³-hybridized carbons (Fsp3) is 0.133. The molecule has 0 amide bonds. The number of nitrogens with one attached hydrogen (secondary N) is 1. The summed E-state index contributed by atoms with van der Waals surface area (Å²) in [5.41, 5.74) is 8.16. The van der Waals surface area contributed by atoms with Gasteiger partial charge in [0.05, 0.1) is 4.92 Å². The fourth-order valence-electron chi connectivity index (χ4n) is 2.01. The molecule has 3 N–H and O–H groups in total. The molecule has 2 aromatic rings. The molecular formula is C15H14N4O2. The van der Waals surface area contributed by atoms with E-state index in [4.69, 9.17) is 11.0 Å². The minimum atomic E-state index is -0.558. The van der Waals surface area contributed by atoms with Crippen molar-refractivity contribution in [3.8, 4) is 6.07 Å². The van der Waals surface area contributed by atoms with Crippen molar-refractivity contribution >= 4 is 11.4 Å². The molecule has 0 atom stereocenters. The molecule has 0 unspecified atom stereocenters. The Bertz CT molecular complexity index is 707. The Morgan fingerprint density at radius 1 is 1.24 bits per heavy atom. The second kappa shape index (κ2) is 6.50. The van der Waals surface area contributed by atoms with Crippen LogP contribution in [0, 0.1) is 21.4 Å². The first-order chi connectivity index (χ1) is 10.2. The summed E-state index contributed by atoms with van der Waals surface area (Å²) in [7, 11) is 0. The summed E-state index contributed by atoms with van der Waals surface area (Å²) in [5.74, 6) is 0. The van der Waals surface area contributed by atoms with E-state index >= 15 is 0 Å². The number of hydrogen-bond donors (Lipinski definition) is 2. The van der Waals surface area contributed by atoms with Gasteiger partial charge in [-0.05, 0) is 23.3 Å². The van der Waals surface area contributed by atoms with Gasteiger partial charge in [-0.1, -0.05) is 24.3 Å². The van der Waals surface area contributed by atoms with Gasteiger partial charge in [-0.3, -0.25) is 10.1 Å². The fourth-order valence-corrected chi connectivity index (χ4v) is 2.01. The van der Waals surface area contributed by atoms with Crippen molar-refractivity contribution in [1.29, 1.82) is 5.26 Å². The predicted molar refractivity (Wildman–Crippen MR) is 79.5 cm³/mol. The molecule has 6 heteroatoms. The van der Waals surface area contributed by atoms with Crippen LogP contribution >= 0.6 is 0 Å². The maximum absolute atomic E-state index is 10.9. The molecule has 0 bridgehead atoms. The molecule has 0 aliphatic rings. The lowest BCUT2D eigenvalue weighted by molar-refractivity contribution is -0.385. The van der Waals surface area contributed by atoms with Gasteiger partial charge >= 0.3 is 0 Å². The van der Waals surface area contributed by atoms with Crippen LogP contribution in [0.25, 0.3) is 0 Å². The second-order valence-corrected chi connectivity index (χ2v) is 4.43. The second-order valence-electron chi connectivity index (χ2n) is 4.43. The number of benzene rings is 2. The van der Waals surface area contributed by atoms with Crippen molar-refractivity contribution in [3.63, 3.8) is 0 Å². The van der Waals surface area contributed by atoms with E-state index in [9.17, 15) is 10.1 Å². The molecule has 2 rings (SSSR count). The van der Waals surface area contributed by atoms with Crippen molar-refractivity contribution in [2.45, 2.75) is 13.1 Å². The molecule has 0 aliphatic heterocycles. The summed E-state index contributed by atoms with van der Waals surface area (Å²) in [6.45, 7) is 0.946. The van der Waals surface area contributed by atoms with Crippen molar-refractivity contribution in [2.75, 3.05) is 5.32 Å². The van der Waals surface area contributed by atoms with E-state index in [0.717, 1.165) is 11.1 Å². The molecular weight excluding hydrogens is 268 g/mol. The standard InChI is InChI=1S/C15H14N4O2/c16-8-11-3-1-2-4-13(11)10-18-14-6-5-12(9-17)15(7-14)19(20)21/h1-7,18H,8,10,16H2. The van der Waals surface area contributed by atoms with Crippen LogP contribution in [0.1, 0.15) is 16.7 Å². The van der Waals surface area contributed by atoms with Gasteiger partial charge in [-0.15, -0.1) is 0 Å². The first-order valence-corrected chi connectivity index (χ1v) is 6.35. The molecule has 0 fully saturated rings. The largest absolute Gasteiger partial charge is 0.381 e. The Labute approximate surface area is 122 Å². The lowest BCUT2D eigenvalue weighted by atomic mass is 10.1. The van der Waals surface area contributed by atoms with Crippen LogP contribution in [-0.4, -0.2) is 4.92 Å². The Morgan fingerprint density at radius 2 is 1.95 bits per heavy atom. The average molecular weight is 282 g/mol. The molecule has 0 saturated heterocycles. The van der Waals surface area contributed by atoms with Crippen LogP contribution in [0.4, 0.5) is 11.4 Å². The molecule has 6 nitrogen and oxygen atoms in total. The predicted octanol–water partition coefficient (Wildman–Crippen LogP) is 2.54. The third-order valence-electron chi connectivity index (χ3n) is 3.14. The number of nitriles is 1. The lowest BCUT2D eigenvalue weighted by Gasteiger charge is -2.10. The highest BCUT2D eigenvalue weighted by atomic mass is 16.6. The van der Waals surface area contributed by atoms with Crippen molar-refractivity contribution in [3.05, 3.63) is 69.3 Å². The van der Waals surface area contributed by atoms with E-state index in [1.165, 1.54) is 12.1 Å². The summed E-state index contributed by atoms with van der Waals surface area (Å²) in [4.78, 5) is 10.4. The number of anilines is 1. The average Bonchev–Trinajstić information content (AvgIpc) is 2.52. The number of nitrogens with zero attached hydrogens (tertiary/aromatic N) is 2. The maximum Gasteiger partial charge on any atom is 0.289 e. The molecule has 0 radical (unpaired) electrons. The Morgan fingerprint density at radius 3 is 2.57 bits per heavy atom. The SMILES string of the molecule is N#Cc1ccc(NCc2ccccc2CN)cc1[N+](=O)[O-]. The molecule has 0 aliphatic carbocycles. The first-order valence-electron chi connectivity index (χ1n) is 6.35. The van der Waals surface area contributed by atoms with Crippen molar-refractivity contribution in [1.82, 2.24) is 0 Å². The molecule has 21 heavy (non-hydrogen) atoms. The van der Waals surface area contributed by atoms with Crippen LogP contribution in [0.2, 0.25) is 0 Å². The smallest absolute Gasteiger partial charge is 0.289 e. The van der Waals surface area contributed by atoms with Gasteiger partial charge in [0.1, 0.15) is 11.6 Å². The van der Waals surface area contributed by atoms with Gasteiger partial charge in [-0.2, -0.15) is 5.26 Å². The normalized spacial score (nSPS) is 9.90. The van der Waals surface area contributed by atoms with E-state index in [1.807, 2.05) is 30.3 Å². The highest BCUT2D eigenvalue weighted by Crippen LogP contribution is 2.23. The third kappa shape index (κ3) is 3.35. The lowest BCUT2D eigenvalue weighted by Crippen LogP contribution is -2.06. The molecule has 106 valence electrons. The van der Waals surface area contributed by atoms with Crippen LogP contribution in [-0.2, 0) is 13.1 Å². The summed E-state index contributed by atoms with van der Waals surface area (Å²) < 4.78 is 0. The van der Waals surface area contributed by atoms with Crippen LogP contribution in [0.15, 0.2) is 42.5 Å². The quantitative estimate of drug-likeness (QED) is 0.647. The summed E-state index contributed by atoms with van der Waals surface area (Å²) in [6.07, 6.45) is 0. The van der Waals surface area contributed by atoms with E-state index in [2.05, 4.69) is 5.32 Å². The Kier molecular flexibility index (Phi) is 4.49. The van der Waals surface area contributed by atoms with E-state index < -0.39 is 4.92 Å². The summed E-state index contributed by atoms with van der Waals surface area (Å²) in [5, 5.41) is 22.9. The van der Waals surface area contributed by atoms with Gasteiger partial charge in [0, 0.05) is 24.8 Å². The van der Waals surface area contributed by atoms with Crippen molar-refractivity contribution < 1.29 is 4.92 Å². The van der Waals surface area contributed by atoms with Gasteiger partial charge in [0.15, 0.2) is 0 Å². The minimum absolute atomic E-state index is 0.0490. The molecule has 0 saturated carbocycles. The number of nitrogens with two attached hydrogens (primary N) is 1. The summed E-state index contributed by atoms with van der Waals surface area (Å²) in [6, 6.07) is 14.0. The minimum Gasteiger partial charge on any atom is -0.381 e. The number of hydrogen-bond acceptors (Lipinski definition) is 5. The van der Waals surface area contributed by atoms with E-state index in [-0.39, 0.29) is 11.3 Å². The zero-order valence-electron chi connectivity index (χ0n) is 11.2. The maximum atomic E-state index is 10.9. The van der Waals surface area contributed by atoms with Crippen LogP contribution in [0.3, 0.4) is 0 Å². The van der Waals surface area contributed by atoms with Gasteiger partial charge in [0.2, 0.25) is 0 Å². The Balaban J connectivity index is 2.19. The monoisotopic (exact) mass is 282 g/mol. The number of nitro groups is 1. The number of nitro benzene ring substituents is 1. The van der Waals surface area contributed by atoms with Gasteiger partial charge < -0.3 is 11.1 Å². The highest BCUT2D eigenvalue weighted by molar-refractivity contribution is 5.59.